The van der Waals surface area contributed by atoms with Crippen molar-refractivity contribution in [2.45, 2.75) is 42.1 Å². The van der Waals surface area contributed by atoms with Crippen molar-refractivity contribution in [1.29, 1.82) is 0 Å². The van der Waals surface area contributed by atoms with Crippen LogP contribution in [0, 0.1) is 0 Å². The van der Waals surface area contributed by atoms with Crippen LogP contribution >= 0.6 is 23.4 Å². The molecule has 0 spiro atoms. The molecular weight excluding hydrogens is 354 g/mol. The molecule has 5 heteroatoms. The summed E-state index contributed by atoms with van der Waals surface area (Å²) in [7, 11) is 0. The first kappa shape index (κ1) is 18.6. The van der Waals surface area contributed by atoms with Gasteiger partial charge in [-0.25, -0.2) is 0 Å². The van der Waals surface area contributed by atoms with Gasteiger partial charge in [0.05, 0.1) is 11.1 Å². The van der Waals surface area contributed by atoms with Gasteiger partial charge in [-0.05, 0) is 44.0 Å². The van der Waals surface area contributed by atoms with Crippen molar-refractivity contribution in [2.75, 3.05) is 13.2 Å². The second-order valence-electron chi connectivity index (χ2n) is 6.67. The predicted octanol–water partition coefficient (Wildman–Crippen LogP) is 4.16. The summed E-state index contributed by atoms with van der Waals surface area (Å²) in [6.07, 6.45) is 0.433. The van der Waals surface area contributed by atoms with E-state index < -0.39 is 6.10 Å². The van der Waals surface area contributed by atoms with Crippen LogP contribution in [0.2, 0.25) is 5.02 Å². The molecule has 0 aliphatic carbocycles. The Labute approximate surface area is 158 Å². The fourth-order valence-corrected chi connectivity index (χ4v) is 4.89. The molecule has 0 saturated heterocycles. The van der Waals surface area contributed by atoms with Gasteiger partial charge in [0.25, 0.3) is 0 Å². The lowest BCUT2D eigenvalue weighted by molar-refractivity contribution is 0.0979. The van der Waals surface area contributed by atoms with E-state index >= 15 is 0 Å². The van der Waals surface area contributed by atoms with E-state index in [4.69, 9.17) is 16.3 Å². The maximum atomic E-state index is 10.9. The van der Waals surface area contributed by atoms with Crippen molar-refractivity contribution < 1.29 is 9.84 Å². The van der Waals surface area contributed by atoms with Crippen molar-refractivity contribution in [1.82, 2.24) is 5.32 Å². The van der Waals surface area contributed by atoms with E-state index in [2.05, 4.69) is 36.5 Å². The Bertz CT molecular complexity index is 699. The normalized spacial score (nSPS) is 21.6. The average Bonchev–Trinajstić information content (AvgIpc) is 2.96. The number of halogens is 1. The van der Waals surface area contributed by atoms with Crippen molar-refractivity contribution in [3.8, 4) is 5.75 Å². The standard InChI is InChI=1S/C20H24ClNO2S/c1-14(22-11-12-24-17-9-5-4-8-16(17)21)19(23)20(2)13-15-7-3-6-10-18(15)25-20/h3-10,14,19,22-23H,11-13H2,1-2H3. The maximum absolute atomic E-state index is 10.9. The SMILES string of the molecule is CC(NCCOc1ccccc1Cl)C(O)C1(C)Cc2ccccc2S1. The van der Waals surface area contributed by atoms with Crippen molar-refractivity contribution in [3.05, 3.63) is 59.1 Å². The summed E-state index contributed by atoms with van der Waals surface area (Å²) in [4.78, 5) is 1.28. The number of fused-ring (bicyclic) bond motifs is 1. The van der Waals surface area contributed by atoms with E-state index in [1.165, 1.54) is 10.5 Å². The van der Waals surface area contributed by atoms with E-state index in [0.29, 0.717) is 23.9 Å². The molecule has 2 N–H and O–H groups in total. The van der Waals surface area contributed by atoms with Gasteiger partial charge in [-0.15, -0.1) is 11.8 Å². The summed E-state index contributed by atoms with van der Waals surface area (Å²) in [5.41, 5.74) is 1.32. The van der Waals surface area contributed by atoms with E-state index in [0.717, 1.165) is 6.42 Å². The topological polar surface area (TPSA) is 41.5 Å². The summed E-state index contributed by atoms with van der Waals surface area (Å²) in [5, 5.41) is 14.8. The van der Waals surface area contributed by atoms with Crippen molar-refractivity contribution >= 4 is 23.4 Å². The Kier molecular flexibility index (Phi) is 5.95. The lowest BCUT2D eigenvalue weighted by Crippen LogP contribution is -2.50. The van der Waals surface area contributed by atoms with Crippen LogP contribution in [0.5, 0.6) is 5.75 Å². The van der Waals surface area contributed by atoms with E-state index in [9.17, 15) is 5.11 Å². The minimum absolute atomic E-state index is 0.0262. The van der Waals surface area contributed by atoms with Gasteiger partial charge in [-0.3, -0.25) is 0 Å². The molecule has 0 aromatic heterocycles. The number of ether oxygens (including phenoxy) is 1. The van der Waals surface area contributed by atoms with Gasteiger partial charge in [-0.2, -0.15) is 0 Å². The van der Waals surface area contributed by atoms with Gasteiger partial charge in [0.2, 0.25) is 0 Å². The number of aliphatic hydroxyl groups excluding tert-OH is 1. The molecule has 0 saturated carbocycles. The molecule has 1 aliphatic rings. The number of rotatable bonds is 7. The number of aliphatic hydroxyl groups is 1. The van der Waals surface area contributed by atoms with E-state index in [1.54, 1.807) is 11.8 Å². The number of nitrogens with one attached hydrogen (secondary N) is 1. The third-order valence-corrected chi connectivity index (χ3v) is 6.40. The molecule has 2 aromatic rings. The van der Waals surface area contributed by atoms with Gasteiger partial charge < -0.3 is 15.2 Å². The van der Waals surface area contributed by atoms with Crippen LogP contribution in [0.25, 0.3) is 0 Å². The monoisotopic (exact) mass is 377 g/mol. The Hall–Kier alpha value is -1.20. The molecule has 0 radical (unpaired) electrons. The van der Waals surface area contributed by atoms with Crippen molar-refractivity contribution in [3.63, 3.8) is 0 Å². The molecule has 3 atom stereocenters. The van der Waals surface area contributed by atoms with Crippen LogP contribution in [0.3, 0.4) is 0 Å². The second kappa shape index (κ2) is 8.00. The van der Waals surface area contributed by atoms with Crippen molar-refractivity contribution in [2.24, 2.45) is 0 Å². The summed E-state index contributed by atoms with van der Waals surface area (Å²) in [6.45, 7) is 5.32. The Morgan fingerprint density at radius 3 is 2.72 bits per heavy atom. The van der Waals surface area contributed by atoms with Crippen LogP contribution in [-0.4, -0.2) is 35.2 Å². The lowest BCUT2D eigenvalue weighted by Gasteiger charge is -2.34. The highest BCUT2D eigenvalue weighted by molar-refractivity contribution is 8.01. The number of hydrogen-bond donors (Lipinski definition) is 2. The quantitative estimate of drug-likeness (QED) is 0.711. The summed E-state index contributed by atoms with van der Waals surface area (Å²) in [5.74, 6) is 0.688. The predicted molar refractivity (Wildman–Crippen MR) is 105 cm³/mol. The summed E-state index contributed by atoms with van der Waals surface area (Å²) < 4.78 is 5.48. The van der Waals surface area contributed by atoms with Gasteiger partial charge in [-0.1, -0.05) is 41.9 Å². The number of thioether (sulfide) groups is 1. The molecule has 3 unspecified atom stereocenters. The first-order chi connectivity index (χ1) is 12.0. The molecule has 1 heterocycles. The largest absolute Gasteiger partial charge is 0.491 e. The molecule has 1 aliphatic heterocycles. The third kappa shape index (κ3) is 4.32. The third-order valence-electron chi connectivity index (χ3n) is 4.62. The zero-order valence-corrected chi connectivity index (χ0v) is 16.1. The summed E-state index contributed by atoms with van der Waals surface area (Å²) >= 11 is 7.85. The molecule has 3 rings (SSSR count). The highest BCUT2D eigenvalue weighted by Crippen LogP contribution is 2.47. The second-order valence-corrected chi connectivity index (χ2v) is 8.65. The Morgan fingerprint density at radius 2 is 1.96 bits per heavy atom. The first-order valence-electron chi connectivity index (χ1n) is 8.55. The fraction of sp³-hybridized carbons (Fsp3) is 0.400. The lowest BCUT2D eigenvalue weighted by atomic mass is 9.91. The fourth-order valence-electron chi connectivity index (χ4n) is 3.23. The minimum atomic E-state index is -0.454. The maximum Gasteiger partial charge on any atom is 0.137 e. The molecule has 2 aromatic carbocycles. The molecule has 0 fully saturated rings. The smallest absolute Gasteiger partial charge is 0.137 e. The average molecular weight is 378 g/mol. The van der Waals surface area contributed by atoms with Crippen LogP contribution < -0.4 is 10.1 Å². The van der Waals surface area contributed by atoms with Crippen LogP contribution in [0.15, 0.2) is 53.4 Å². The Balaban J connectivity index is 1.48. The van der Waals surface area contributed by atoms with Gasteiger partial charge in [0.15, 0.2) is 0 Å². The molecule has 25 heavy (non-hydrogen) atoms. The van der Waals surface area contributed by atoms with E-state index in [-0.39, 0.29) is 10.8 Å². The van der Waals surface area contributed by atoms with Gasteiger partial charge in [0.1, 0.15) is 12.4 Å². The molecule has 134 valence electrons. The van der Waals surface area contributed by atoms with Gasteiger partial charge >= 0.3 is 0 Å². The highest BCUT2D eigenvalue weighted by atomic mass is 35.5. The molecule has 0 bridgehead atoms. The molecular formula is C20H24ClNO2S. The highest BCUT2D eigenvalue weighted by Gasteiger charge is 2.42. The molecule has 0 amide bonds. The van der Waals surface area contributed by atoms with E-state index in [1.807, 2.05) is 31.2 Å². The van der Waals surface area contributed by atoms with Crippen LogP contribution in [0.1, 0.15) is 19.4 Å². The zero-order valence-electron chi connectivity index (χ0n) is 14.5. The Morgan fingerprint density at radius 1 is 1.24 bits per heavy atom. The van der Waals surface area contributed by atoms with Crippen LogP contribution in [0.4, 0.5) is 0 Å². The number of hydrogen-bond acceptors (Lipinski definition) is 4. The van der Waals surface area contributed by atoms with Crippen LogP contribution in [-0.2, 0) is 6.42 Å². The molecule has 3 nitrogen and oxygen atoms in total. The minimum Gasteiger partial charge on any atom is -0.491 e. The first-order valence-corrected chi connectivity index (χ1v) is 9.75. The number of benzene rings is 2. The zero-order chi connectivity index (χ0) is 17.9. The van der Waals surface area contributed by atoms with Gasteiger partial charge in [0, 0.05) is 22.2 Å². The number of para-hydroxylation sites is 1. The summed E-state index contributed by atoms with van der Waals surface area (Å²) in [6, 6.07) is 15.8.